The normalized spacial score (nSPS) is 11.3. The highest BCUT2D eigenvalue weighted by Gasteiger charge is 2.22. The Morgan fingerprint density at radius 2 is 1.67 bits per heavy atom. The predicted molar refractivity (Wildman–Crippen MR) is 64.5 cm³/mol. The van der Waals surface area contributed by atoms with Crippen molar-refractivity contribution in [2.24, 2.45) is 5.41 Å². The molecule has 82 valence electrons. The van der Waals surface area contributed by atoms with Gasteiger partial charge in [0.2, 0.25) is 5.91 Å². The van der Waals surface area contributed by atoms with Crippen molar-refractivity contribution in [3.8, 4) is 0 Å². The number of anilines is 1. The minimum atomic E-state index is -0.470. The second-order valence-electron chi connectivity index (χ2n) is 4.30. The van der Waals surface area contributed by atoms with Crippen molar-refractivity contribution in [1.29, 1.82) is 0 Å². The number of carbonyl (C=O) groups excluding carboxylic acids is 1. The molecule has 0 aliphatic heterocycles. The maximum atomic E-state index is 11.7. The number of carbonyl (C=O) groups is 1. The van der Waals surface area contributed by atoms with E-state index in [1.165, 1.54) is 0 Å². The first-order valence-corrected chi connectivity index (χ1v) is 5.33. The average Bonchev–Trinajstić information content (AvgIpc) is 2.09. The van der Waals surface area contributed by atoms with Crippen LogP contribution in [0.25, 0.3) is 0 Å². The molecular weight excluding hydrogens is 233 g/mol. The summed E-state index contributed by atoms with van der Waals surface area (Å²) in [7, 11) is 0. The Balaban J connectivity index is 2.95. The monoisotopic (exact) mass is 245 g/mol. The van der Waals surface area contributed by atoms with Gasteiger partial charge in [-0.05, 0) is 12.1 Å². The first-order chi connectivity index (χ1) is 6.82. The highest BCUT2D eigenvalue weighted by Crippen LogP contribution is 2.31. The average molecular weight is 246 g/mol. The summed E-state index contributed by atoms with van der Waals surface area (Å²) in [5.74, 6) is -0.113. The van der Waals surface area contributed by atoms with E-state index in [9.17, 15) is 4.79 Å². The van der Waals surface area contributed by atoms with Gasteiger partial charge < -0.3 is 5.32 Å². The Labute approximate surface area is 99.6 Å². The molecule has 0 bridgehead atoms. The van der Waals surface area contributed by atoms with Crippen LogP contribution in [0.2, 0.25) is 10.0 Å². The number of hydrogen-bond acceptors (Lipinski definition) is 1. The van der Waals surface area contributed by atoms with Crippen LogP contribution >= 0.6 is 23.2 Å². The number of amides is 1. The summed E-state index contributed by atoms with van der Waals surface area (Å²) in [6, 6.07) is 5.11. The van der Waals surface area contributed by atoms with Crippen molar-refractivity contribution >= 4 is 34.8 Å². The van der Waals surface area contributed by atoms with Gasteiger partial charge in [0.05, 0.1) is 15.7 Å². The van der Waals surface area contributed by atoms with Crippen LogP contribution in [0.3, 0.4) is 0 Å². The molecule has 1 aromatic rings. The molecule has 15 heavy (non-hydrogen) atoms. The highest BCUT2D eigenvalue weighted by atomic mass is 35.5. The molecule has 1 amide bonds. The van der Waals surface area contributed by atoms with Gasteiger partial charge in [0.15, 0.2) is 0 Å². The summed E-state index contributed by atoms with van der Waals surface area (Å²) in [5.41, 5.74) is 0.00318. The SMILES string of the molecule is CC(C)(C)C(=O)Nc1c(Cl)cccc1Cl. The molecular formula is C11H13Cl2NO. The van der Waals surface area contributed by atoms with E-state index >= 15 is 0 Å². The molecule has 0 spiro atoms. The van der Waals surface area contributed by atoms with Crippen LogP contribution in [0, 0.1) is 5.41 Å². The second-order valence-corrected chi connectivity index (χ2v) is 5.12. The lowest BCUT2D eigenvalue weighted by Gasteiger charge is -2.18. The van der Waals surface area contributed by atoms with Crippen LogP contribution in [0.1, 0.15) is 20.8 Å². The number of benzene rings is 1. The van der Waals surface area contributed by atoms with Crippen molar-refractivity contribution in [3.05, 3.63) is 28.2 Å². The number of rotatable bonds is 1. The predicted octanol–water partition coefficient (Wildman–Crippen LogP) is 3.98. The highest BCUT2D eigenvalue weighted by molar-refractivity contribution is 6.39. The fourth-order valence-electron chi connectivity index (χ4n) is 0.918. The van der Waals surface area contributed by atoms with Crippen molar-refractivity contribution < 1.29 is 4.79 Å². The van der Waals surface area contributed by atoms with Crippen molar-refractivity contribution in [2.45, 2.75) is 20.8 Å². The Hall–Kier alpha value is -0.730. The largest absolute Gasteiger partial charge is 0.323 e. The van der Waals surface area contributed by atoms with Gasteiger partial charge in [-0.25, -0.2) is 0 Å². The molecule has 1 N–H and O–H groups in total. The van der Waals surface area contributed by atoms with Gasteiger partial charge in [0.25, 0.3) is 0 Å². The van der Waals surface area contributed by atoms with Gasteiger partial charge in [0.1, 0.15) is 0 Å². The Bertz CT molecular complexity index is 362. The minimum Gasteiger partial charge on any atom is -0.323 e. The fourth-order valence-corrected chi connectivity index (χ4v) is 1.41. The van der Waals surface area contributed by atoms with E-state index in [0.717, 1.165) is 0 Å². The van der Waals surface area contributed by atoms with E-state index in [2.05, 4.69) is 5.32 Å². The second kappa shape index (κ2) is 4.42. The lowest BCUT2D eigenvalue weighted by atomic mass is 9.95. The molecule has 0 aliphatic rings. The van der Waals surface area contributed by atoms with E-state index in [1.807, 2.05) is 20.8 Å². The molecule has 0 saturated carbocycles. The minimum absolute atomic E-state index is 0.113. The third-order valence-electron chi connectivity index (χ3n) is 1.88. The molecule has 0 fully saturated rings. The molecule has 1 aromatic carbocycles. The van der Waals surface area contributed by atoms with Gasteiger partial charge in [-0.2, -0.15) is 0 Å². The lowest BCUT2D eigenvalue weighted by Crippen LogP contribution is -2.27. The van der Waals surface area contributed by atoms with E-state index < -0.39 is 5.41 Å². The van der Waals surface area contributed by atoms with Crippen LogP contribution in [-0.2, 0) is 4.79 Å². The van der Waals surface area contributed by atoms with E-state index in [0.29, 0.717) is 15.7 Å². The quantitative estimate of drug-likeness (QED) is 0.797. The van der Waals surface area contributed by atoms with Gasteiger partial charge >= 0.3 is 0 Å². The Morgan fingerprint density at radius 1 is 1.20 bits per heavy atom. The molecule has 0 saturated heterocycles. The third-order valence-corrected chi connectivity index (χ3v) is 2.51. The maximum absolute atomic E-state index is 11.7. The summed E-state index contributed by atoms with van der Waals surface area (Å²) in [4.78, 5) is 11.7. The van der Waals surface area contributed by atoms with Crippen LogP contribution in [0.4, 0.5) is 5.69 Å². The zero-order chi connectivity index (χ0) is 11.6. The summed E-state index contributed by atoms with van der Waals surface area (Å²) in [5, 5.41) is 3.60. The Morgan fingerprint density at radius 3 is 2.07 bits per heavy atom. The maximum Gasteiger partial charge on any atom is 0.229 e. The molecule has 0 aliphatic carbocycles. The molecule has 2 nitrogen and oxygen atoms in total. The molecule has 0 atom stereocenters. The number of nitrogens with one attached hydrogen (secondary N) is 1. The lowest BCUT2D eigenvalue weighted by molar-refractivity contribution is -0.123. The zero-order valence-electron chi connectivity index (χ0n) is 8.90. The summed E-state index contributed by atoms with van der Waals surface area (Å²) in [6.45, 7) is 5.48. The Kier molecular flexibility index (Phi) is 3.63. The van der Waals surface area contributed by atoms with E-state index in [1.54, 1.807) is 18.2 Å². The van der Waals surface area contributed by atoms with Crippen molar-refractivity contribution in [2.75, 3.05) is 5.32 Å². The summed E-state index contributed by atoms with van der Waals surface area (Å²) < 4.78 is 0. The van der Waals surface area contributed by atoms with Crippen LogP contribution in [0.5, 0.6) is 0 Å². The first-order valence-electron chi connectivity index (χ1n) is 4.58. The van der Waals surface area contributed by atoms with Crippen molar-refractivity contribution in [3.63, 3.8) is 0 Å². The third kappa shape index (κ3) is 3.11. The number of halogens is 2. The molecule has 0 unspecified atom stereocenters. The number of para-hydroxylation sites is 1. The van der Waals surface area contributed by atoms with Crippen LogP contribution < -0.4 is 5.32 Å². The van der Waals surface area contributed by atoms with E-state index in [-0.39, 0.29) is 5.91 Å². The van der Waals surface area contributed by atoms with Crippen LogP contribution in [0.15, 0.2) is 18.2 Å². The number of hydrogen-bond donors (Lipinski definition) is 1. The molecule has 0 aromatic heterocycles. The topological polar surface area (TPSA) is 29.1 Å². The van der Waals surface area contributed by atoms with Crippen LogP contribution in [-0.4, -0.2) is 5.91 Å². The summed E-state index contributed by atoms with van der Waals surface area (Å²) in [6.07, 6.45) is 0. The molecule has 1 rings (SSSR count). The summed E-state index contributed by atoms with van der Waals surface area (Å²) >= 11 is 11.8. The first kappa shape index (κ1) is 12.3. The van der Waals surface area contributed by atoms with Gasteiger partial charge in [-0.3, -0.25) is 4.79 Å². The molecule has 0 heterocycles. The molecule has 0 radical (unpaired) electrons. The van der Waals surface area contributed by atoms with Gasteiger partial charge in [-0.1, -0.05) is 50.0 Å². The smallest absolute Gasteiger partial charge is 0.229 e. The zero-order valence-corrected chi connectivity index (χ0v) is 10.4. The van der Waals surface area contributed by atoms with Crippen molar-refractivity contribution in [1.82, 2.24) is 0 Å². The standard InChI is InChI=1S/C11H13Cl2NO/c1-11(2,3)10(15)14-9-7(12)5-4-6-8(9)13/h4-6H,1-3H3,(H,14,15). The molecule has 4 heteroatoms. The van der Waals surface area contributed by atoms with Gasteiger partial charge in [0, 0.05) is 5.41 Å². The van der Waals surface area contributed by atoms with Gasteiger partial charge in [-0.15, -0.1) is 0 Å². The fraction of sp³-hybridized carbons (Fsp3) is 0.364. The van der Waals surface area contributed by atoms with E-state index in [4.69, 9.17) is 23.2 Å².